The summed E-state index contributed by atoms with van der Waals surface area (Å²) in [7, 11) is 0. The fourth-order valence-electron chi connectivity index (χ4n) is 9.69. The first kappa shape index (κ1) is 28.0. The number of hydrogen-bond acceptors (Lipinski definition) is 5. The van der Waals surface area contributed by atoms with E-state index in [-0.39, 0.29) is 37.6 Å². The van der Waals surface area contributed by atoms with Gasteiger partial charge in [-0.25, -0.2) is 0 Å². The monoisotopic (exact) mass is 504 g/mol. The summed E-state index contributed by atoms with van der Waals surface area (Å²) in [5.41, 5.74) is 0.0640. The Balaban J connectivity index is 1.43. The van der Waals surface area contributed by atoms with Gasteiger partial charge < -0.3 is 20.4 Å². The Morgan fingerprint density at radius 3 is 2.47 bits per heavy atom. The lowest BCUT2D eigenvalue weighted by atomic mass is 9.44. The van der Waals surface area contributed by atoms with Gasteiger partial charge in [0.1, 0.15) is 5.78 Å². The van der Waals surface area contributed by atoms with Crippen LogP contribution in [0.3, 0.4) is 0 Å². The summed E-state index contributed by atoms with van der Waals surface area (Å²) in [6.45, 7) is 10.7. The summed E-state index contributed by atoms with van der Waals surface area (Å²) >= 11 is 0. The molecule has 0 aliphatic heterocycles. The zero-order valence-electron chi connectivity index (χ0n) is 23.3. The van der Waals surface area contributed by atoms with E-state index >= 15 is 0 Å². The van der Waals surface area contributed by atoms with E-state index in [0.29, 0.717) is 53.3 Å². The largest absolute Gasteiger partial charge is 0.395 e. The molecule has 9 atom stereocenters. The van der Waals surface area contributed by atoms with Gasteiger partial charge in [0.05, 0.1) is 13.2 Å². The molecule has 0 spiro atoms. The molecule has 4 rings (SSSR count). The van der Waals surface area contributed by atoms with Crippen molar-refractivity contribution in [3.05, 3.63) is 0 Å². The van der Waals surface area contributed by atoms with Crippen molar-refractivity contribution in [1.29, 1.82) is 0 Å². The van der Waals surface area contributed by atoms with E-state index in [1.54, 1.807) is 4.90 Å². The van der Waals surface area contributed by atoms with Crippen molar-refractivity contribution in [2.45, 2.75) is 97.9 Å². The van der Waals surface area contributed by atoms with Gasteiger partial charge in [-0.15, -0.1) is 0 Å². The van der Waals surface area contributed by atoms with Crippen LogP contribution >= 0.6 is 0 Å². The predicted octanol–water partition coefficient (Wildman–Crippen LogP) is 4.03. The second-order valence-corrected chi connectivity index (χ2v) is 13.1. The van der Waals surface area contributed by atoms with Gasteiger partial charge in [0.25, 0.3) is 0 Å². The molecule has 0 aromatic heterocycles. The normalized spacial score (nSPS) is 40.8. The first-order valence-corrected chi connectivity index (χ1v) is 15.0. The molecule has 0 heterocycles. The first-order valence-electron chi connectivity index (χ1n) is 15.0. The van der Waals surface area contributed by atoms with Gasteiger partial charge in [0, 0.05) is 37.4 Å². The summed E-state index contributed by atoms with van der Waals surface area (Å²) in [6, 6.07) is 0.652. The summed E-state index contributed by atoms with van der Waals surface area (Å²) < 4.78 is 0. The molecule has 4 aliphatic rings. The van der Waals surface area contributed by atoms with Crippen molar-refractivity contribution in [3.8, 4) is 0 Å². The smallest absolute Gasteiger partial charge is 0.222 e. The molecule has 0 aromatic rings. The molecule has 6 nitrogen and oxygen atoms in total. The highest BCUT2D eigenvalue weighted by Crippen LogP contribution is 2.67. The molecule has 3 N–H and O–H groups in total. The van der Waals surface area contributed by atoms with Crippen molar-refractivity contribution in [2.24, 2.45) is 46.3 Å². The van der Waals surface area contributed by atoms with Gasteiger partial charge >= 0.3 is 0 Å². The average molecular weight is 505 g/mol. The number of Topliss-reactive ketones (excluding diaryl/α,β-unsaturated/α-hetero) is 1. The topological polar surface area (TPSA) is 89.9 Å². The second-order valence-electron chi connectivity index (χ2n) is 13.1. The van der Waals surface area contributed by atoms with Gasteiger partial charge in [0.15, 0.2) is 0 Å². The summed E-state index contributed by atoms with van der Waals surface area (Å²) in [4.78, 5) is 28.3. The molecule has 6 heteroatoms. The van der Waals surface area contributed by atoms with E-state index in [4.69, 9.17) is 0 Å². The highest BCUT2D eigenvalue weighted by molar-refractivity contribution is 5.87. The predicted molar refractivity (Wildman–Crippen MR) is 142 cm³/mol. The SMILES string of the molecule is CCN[C@H]1CC[C@@]2(C)[C@H](CC[C@@H]3[C@@H]2CC(=O)[C@]2(C)[C@@H]([C@H](C)CCC(=O)N(CCO)CCO)CC[C@@H]32)C1. The Bertz CT molecular complexity index is 783. The Morgan fingerprint density at radius 2 is 1.81 bits per heavy atom. The number of fused-ring (bicyclic) bond motifs is 5. The van der Waals surface area contributed by atoms with E-state index in [2.05, 4.69) is 33.0 Å². The van der Waals surface area contributed by atoms with Gasteiger partial charge in [-0.05, 0) is 98.8 Å². The van der Waals surface area contributed by atoms with E-state index in [1.807, 2.05) is 0 Å². The number of aliphatic hydroxyl groups is 2. The lowest BCUT2D eigenvalue weighted by Gasteiger charge is -2.60. The fraction of sp³-hybridized carbons (Fsp3) is 0.933. The van der Waals surface area contributed by atoms with Crippen LogP contribution in [0.2, 0.25) is 0 Å². The van der Waals surface area contributed by atoms with Crippen molar-refractivity contribution in [2.75, 3.05) is 32.8 Å². The molecule has 4 aliphatic carbocycles. The quantitative estimate of drug-likeness (QED) is 0.418. The number of nitrogens with one attached hydrogen (secondary N) is 1. The van der Waals surface area contributed by atoms with Crippen LogP contribution in [0.4, 0.5) is 0 Å². The van der Waals surface area contributed by atoms with Gasteiger partial charge in [-0.3, -0.25) is 9.59 Å². The van der Waals surface area contributed by atoms with Crippen LogP contribution in [0.1, 0.15) is 91.9 Å². The maximum atomic E-state index is 14.0. The number of hydrogen-bond donors (Lipinski definition) is 3. The summed E-state index contributed by atoms with van der Waals surface area (Å²) in [6.07, 6.45) is 10.6. The number of carbonyl (C=O) groups is 2. The van der Waals surface area contributed by atoms with E-state index in [9.17, 15) is 19.8 Å². The fourth-order valence-corrected chi connectivity index (χ4v) is 9.69. The standard InChI is InChI=1S/C30H52N2O4/c1-5-31-22-12-13-29(3)21(18-22)7-8-23-25-10-9-24(30(25,4)27(35)19-26(23)29)20(2)6-11-28(36)32(14-16-33)15-17-34/h20-26,31,33-34H,5-19H2,1-4H3/t20-,21-,22+,23+,24-,25+,26+,29+,30-/m1/s1. The minimum absolute atomic E-state index is 0.000836. The van der Waals surface area contributed by atoms with E-state index in [1.165, 1.54) is 32.1 Å². The minimum Gasteiger partial charge on any atom is -0.395 e. The maximum Gasteiger partial charge on any atom is 0.222 e. The highest BCUT2D eigenvalue weighted by Gasteiger charge is 2.63. The van der Waals surface area contributed by atoms with E-state index < -0.39 is 0 Å². The third-order valence-corrected chi connectivity index (χ3v) is 11.7. The molecule has 4 saturated carbocycles. The van der Waals surface area contributed by atoms with Crippen molar-refractivity contribution in [3.63, 3.8) is 0 Å². The van der Waals surface area contributed by atoms with Crippen molar-refractivity contribution < 1.29 is 19.8 Å². The third-order valence-electron chi connectivity index (χ3n) is 11.7. The Kier molecular flexibility index (Phi) is 8.89. The number of carbonyl (C=O) groups excluding carboxylic acids is 2. The van der Waals surface area contributed by atoms with Crippen LogP contribution in [0.5, 0.6) is 0 Å². The lowest BCUT2D eigenvalue weighted by molar-refractivity contribution is -0.158. The molecule has 36 heavy (non-hydrogen) atoms. The summed E-state index contributed by atoms with van der Waals surface area (Å²) in [5.74, 6) is 3.64. The Labute approximate surface area is 219 Å². The highest BCUT2D eigenvalue weighted by atomic mass is 16.3. The molecule has 0 unspecified atom stereocenters. The van der Waals surface area contributed by atoms with Gasteiger partial charge in [0.2, 0.25) is 5.91 Å². The first-order chi connectivity index (χ1) is 17.2. The van der Waals surface area contributed by atoms with Crippen LogP contribution in [0.25, 0.3) is 0 Å². The zero-order chi connectivity index (χ0) is 26.1. The van der Waals surface area contributed by atoms with Crippen molar-refractivity contribution >= 4 is 11.7 Å². The molecular formula is C30H52N2O4. The molecule has 0 saturated heterocycles. The van der Waals surface area contributed by atoms with Crippen LogP contribution < -0.4 is 5.32 Å². The van der Waals surface area contributed by atoms with Crippen LogP contribution in [0.15, 0.2) is 0 Å². The Hall–Kier alpha value is -0.980. The number of nitrogens with zero attached hydrogens (tertiary/aromatic N) is 1. The number of aliphatic hydroxyl groups excluding tert-OH is 2. The second kappa shape index (κ2) is 11.4. The minimum atomic E-state index is -0.246. The zero-order valence-corrected chi connectivity index (χ0v) is 23.3. The number of ketones is 1. The van der Waals surface area contributed by atoms with Crippen molar-refractivity contribution in [1.82, 2.24) is 10.2 Å². The number of amides is 1. The van der Waals surface area contributed by atoms with Crippen LogP contribution in [-0.2, 0) is 9.59 Å². The molecule has 1 amide bonds. The van der Waals surface area contributed by atoms with Crippen LogP contribution in [0, 0.1) is 46.3 Å². The van der Waals surface area contributed by atoms with E-state index in [0.717, 1.165) is 38.1 Å². The third kappa shape index (κ3) is 4.91. The van der Waals surface area contributed by atoms with Gasteiger partial charge in [-0.2, -0.15) is 0 Å². The molecular weight excluding hydrogens is 452 g/mol. The summed E-state index contributed by atoms with van der Waals surface area (Å²) in [5, 5.41) is 22.2. The lowest BCUT2D eigenvalue weighted by Crippen LogP contribution is -2.58. The van der Waals surface area contributed by atoms with Gasteiger partial charge in [-0.1, -0.05) is 27.7 Å². The number of rotatable bonds is 10. The molecule has 0 bridgehead atoms. The Morgan fingerprint density at radius 1 is 1.08 bits per heavy atom. The van der Waals surface area contributed by atoms with Crippen LogP contribution in [-0.4, -0.2) is 65.7 Å². The molecule has 0 aromatic carbocycles. The molecule has 4 fully saturated rings. The average Bonchev–Trinajstić information content (AvgIpc) is 3.22. The maximum absolute atomic E-state index is 14.0. The molecule has 206 valence electrons. The molecule has 0 radical (unpaired) electrons.